The summed E-state index contributed by atoms with van der Waals surface area (Å²) in [6, 6.07) is -0.192. The molecule has 0 unspecified atom stereocenters. The second kappa shape index (κ2) is 4.89. The zero-order chi connectivity index (χ0) is 11.4. The molecule has 16 heavy (non-hydrogen) atoms. The van der Waals surface area contributed by atoms with E-state index in [1.807, 2.05) is 0 Å². The molecule has 86 valence electrons. The lowest BCUT2D eigenvalue weighted by Gasteiger charge is -2.04. The van der Waals surface area contributed by atoms with Crippen molar-refractivity contribution in [2.45, 2.75) is 32.2 Å². The number of aromatic amines is 2. The summed E-state index contributed by atoms with van der Waals surface area (Å²) in [4.78, 5) is 11.3. The predicted octanol–water partition coefficient (Wildman–Crippen LogP) is 0.723. The lowest BCUT2D eigenvalue weighted by atomic mass is 10.2. The first kappa shape index (κ1) is 10.8. The fraction of sp³-hybridized carbons (Fsp3) is 0.500. The van der Waals surface area contributed by atoms with Crippen LogP contribution in [0.1, 0.15) is 36.7 Å². The van der Waals surface area contributed by atoms with Crippen LogP contribution in [-0.2, 0) is 12.8 Å². The summed E-state index contributed by atoms with van der Waals surface area (Å²) in [6.07, 6.45) is 6.03. The van der Waals surface area contributed by atoms with Gasteiger partial charge in [-0.1, -0.05) is 6.92 Å². The smallest absolute Gasteiger partial charge is 0.167 e. The van der Waals surface area contributed by atoms with Crippen LogP contribution in [0.5, 0.6) is 0 Å². The van der Waals surface area contributed by atoms with Gasteiger partial charge < -0.3 is 10.7 Å². The molecular formula is C10H16N6. The van der Waals surface area contributed by atoms with Gasteiger partial charge >= 0.3 is 0 Å². The van der Waals surface area contributed by atoms with Crippen LogP contribution in [0.4, 0.5) is 0 Å². The summed E-state index contributed by atoms with van der Waals surface area (Å²) in [6.45, 7) is 2.10. The van der Waals surface area contributed by atoms with E-state index in [1.165, 1.54) is 0 Å². The largest absolute Gasteiger partial charge is 0.348 e. The third-order valence-electron chi connectivity index (χ3n) is 2.36. The van der Waals surface area contributed by atoms with Crippen molar-refractivity contribution in [2.75, 3.05) is 0 Å². The molecule has 0 aliphatic rings. The molecule has 0 bridgehead atoms. The highest BCUT2D eigenvalue weighted by molar-refractivity contribution is 5.03. The van der Waals surface area contributed by atoms with Crippen LogP contribution in [0.25, 0.3) is 0 Å². The highest BCUT2D eigenvalue weighted by Gasteiger charge is 2.13. The molecule has 2 aromatic rings. The fourth-order valence-corrected chi connectivity index (χ4v) is 1.55. The molecule has 6 heteroatoms. The number of hydrogen-bond acceptors (Lipinski definition) is 4. The van der Waals surface area contributed by atoms with E-state index in [9.17, 15) is 0 Å². The summed E-state index contributed by atoms with van der Waals surface area (Å²) in [7, 11) is 0. The number of aryl methyl sites for hydroxylation is 1. The predicted molar refractivity (Wildman–Crippen MR) is 59.6 cm³/mol. The molecule has 0 aliphatic carbocycles. The van der Waals surface area contributed by atoms with Gasteiger partial charge in [-0.25, -0.2) is 9.97 Å². The monoisotopic (exact) mass is 220 g/mol. The zero-order valence-corrected chi connectivity index (χ0v) is 9.27. The molecule has 0 spiro atoms. The van der Waals surface area contributed by atoms with E-state index >= 15 is 0 Å². The van der Waals surface area contributed by atoms with Gasteiger partial charge in [0, 0.05) is 24.7 Å². The minimum Gasteiger partial charge on any atom is -0.348 e. The topological polar surface area (TPSA) is 96.3 Å². The molecule has 0 fully saturated rings. The second-order valence-electron chi connectivity index (χ2n) is 3.78. The molecule has 6 nitrogen and oxygen atoms in total. The molecule has 4 N–H and O–H groups in total. The normalized spacial score (nSPS) is 12.9. The molecule has 2 aromatic heterocycles. The molecule has 0 radical (unpaired) electrons. The Bertz CT molecular complexity index is 418. The zero-order valence-electron chi connectivity index (χ0n) is 9.27. The van der Waals surface area contributed by atoms with Crippen LogP contribution in [0.3, 0.4) is 0 Å². The molecule has 0 amide bonds. The van der Waals surface area contributed by atoms with E-state index in [1.54, 1.807) is 12.5 Å². The minimum absolute atomic E-state index is 0.192. The number of hydrogen-bond donors (Lipinski definition) is 3. The number of rotatable bonds is 5. The SMILES string of the molecule is CCCc1nc([C@H](N)Cc2cnc[nH]2)n[nH]1. The lowest BCUT2D eigenvalue weighted by Crippen LogP contribution is -2.15. The molecule has 0 aromatic carbocycles. The fourth-order valence-electron chi connectivity index (χ4n) is 1.55. The van der Waals surface area contributed by atoms with Gasteiger partial charge in [0.2, 0.25) is 0 Å². The summed E-state index contributed by atoms with van der Waals surface area (Å²) < 4.78 is 0. The van der Waals surface area contributed by atoms with E-state index in [0.717, 1.165) is 24.4 Å². The van der Waals surface area contributed by atoms with E-state index in [-0.39, 0.29) is 6.04 Å². The van der Waals surface area contributed by atoms with E-state index in [0.29, 0.717) is 12.2 Å². The number of nitrogens with two attached hydrogens (primary N) is 1. The average Bonchev–Trinajstić information content (AvgIpc) is 2.89. The highest BCUT2D eigenvalue weighted by atomic mass is 15.2. The number of nitrogens with one attached hydrogen (secondary N) is 2. The van der Waals surface area contributed by atoms with Crippen LogP contribution in [0.15, 0.2) is 12.5 Å². The van der Waals surface area contributed by atoms with Gasteiger partial charge in [-0.05, 0) is 6.42 Å². The Hall–Kier alpha value is -1.69. The van der Waals surface area contributed by atoms with Crippen LogP contribution in [0.2, 0.25) is 0 Å². The van der Waals surface area contributed by atoms with Gasteiger partial charge in [-0.15, -0.1) is 0 Å². The first-order chi connectivity index (χ1) is 7.79. The quantitative estimate of drug-likeness (QED) is 0.691. The van der Waals surface area contributed by atoms with Crippen molar-refractivity contribution in [2.24, 2.45) is 5.73 Å². The van der Waals surface area contributed by atoms with Crippen molar-refractivity contribution >= 4 is 0 Å². The van der Waals surface area contributed by atoms with Crippen molar-refractivity contribution in [1.29, 1.82) is 0 Å². The maximum atomic E-state index is 6.00. The average molecular weight is 220 g/mol. The van der Waals surface area contributed by atoms with Crippen LogP contribution >= 0.6 is 0 Å². The number of nitrogens with zero attached hydrogens (tertiary/aromatic N) is 3. The summed E-state index contributed by atoms with van der Waals surface area (Å²) in [5.74, 6) is 1.57. The number of aromatic nitrogens is 5. The Morgan fingerprint density at radius 1 is 1.50 bits per heavy atom. The Balaban J connectivity index is 2.00. The summed E-state index contributed by atoms with van der Waals surface area (Å²) in [5, 5.41) is 7.02. The Morgan fingerprint density at radius 2 is 2.38 bits per heavy atom. The first-order valence-corrected chi connectivity index (χ1v) is 5.43. The molecule has 2 heterocycles. The van der Waals surface area contributed by atoms with E-state index < -0.39 is 0 Å². The molecule has 1 atom stereocenters. The van der Waals surface area contributed by atoms with Crippen LogP contribution < -0.4 is 5.73 Å². The molecular weight excluding hydrogens is 204 g/mol. The summed E-state index contributed by atoms with van der Waals surface area (Å²) >= 11 is 0. The third kappa shape index (κ3) is 2.46. The Morgan fingerprint density at radius 3 is 3.06 bits per heavy atom. The van der Waals surface area contributed by atoms with E-state index in [2.05, 4.69) is 32.1 Å². The molecule has 2 rings (SSSR count). The third-order valence-corrected chi connectivity index (χ3v) is 2.36. The van der Waals surface area contributed by atoms with Crippen molar-refractivity contribution in [3.8, 4) is 0 Å². The van der Waals surface area contributed by atoms with Gasteiger partial charge in [0.25, 0.3) is 0 Å². The van der Waals surface area contributed by atoms with Gasteiger partial charge in [0.15, 0.2) is 5.82 Å². The summed E-state index contributed by atoms with van der Waals surface area (Å²) in [5.41, 5.74) is 7.00. The van der Waals surface area contributed by atoms with Gasteiger partial charge in [-0.2, -0.15) is 5.10 Å². The van der Waals surface area contributed by atoms with Gasteiger partial charge in [0.05, 0.1) is 12.4 Å². The maximum Gasteiger partial charge on any atom is 0.167 e. The number of imidazole rings is 1. The Labute approximate surface area is 93.7 Å². The lowest BCUT2D eigenvalue weighted by molar-refractivity contribution is 0.661. The number of H-pyrrole nitrogens is 2. The van der Waals surface area contributed by atoms with Crippen LogP contribution in [0, 0.1) is 0 Å². The second-order valence-corrected chi connectivity index (χ2v) is 3.78. The Kier molecular flexibility index (Phi) is 3.31. The van der Waals surface area contributed by atoms with Crippen molar-refractivity contribution in [1.82, 2.24) is 25.1 Å². The van der Waals surface area contributed by atoms with Gasteiger partial charge in [0.1, 0.15) is 5.82 Å². The van der Waals surface area contributed by atoms with Gasteiger partial charge in [-0.3, -0.25) is 5.10 Å². The molecule has 0 aliphatic heterocycles. The first-order valence-electron chi connectivity index (χ1n) is 5.43. The maximum absolute atomic E-state index is 6.00. The van der Waals surface area contributed by atoms with Crippen LogP contribution in [-0.4, -0.2) is 25.1 Å². The van der Waals surface area contributed by atoms with E-state index in [4.69, 9.17) is 5.73 Å². The highest BCUT2D eigenvalue weighted by Crippen LogP contribution is 2.10. The minimum atomic E-state index is -0.192. The van der Waals surface area contributed by atoms with Crippen molar-refractivity contribution in [3.63, 3.8) is 0 Å². The molecule has 0 saturated heterocycles. The molecule has 0 saturated carbocycles. The standard InChI is InChI=1S/C10H16N6/c1-2-3-9-14-10(16-15-9)8(11)4-7-5-12-6-13-7/h5-6,8H,2-4,11H2,1H3,(H,12,13)(H,14,15,16)/t8-/m1/s1. The van der Waals surface area contributed by atoms with Crippen molar-refractivity contribution < 1.29 is 0 Å². The van der Waals surface area contributed by atoms with Crippen molar-refractivity contribution in [3.05, 3.63) is 29.9 Å².